The fourth-order valence-corrected chi connectivity index (χ4v) is 4.19. The molecule has 0 aliphatic heterocycles. The van der Waals surface area contributed by atoms with Crippen LogP contribution in [0.1, 0.15) is 10.4 Å². The fourth-order valence-electron chi connectivity index (χ4n) is 1.32. The van der Waals surface area contributed by atoms with E-state index in [0.29, 0.717) is 11.3 Å². The summed E-state index contributed by atoms with van der Waals surface area (Å²) in [5.41, 5.74) is 0.589. The summed E-state index contributed by atoms with van der Waals surface area (Å²) in [6, 6.07) is 2.73. The van der Waals surface area contributed by atoms with Gasteiger partial charge in [0.2, 0.25) is 0 Å². The zero-order valence-corrected chi connectivity index (χ0v) is 13.2. The van der Waals surface area contributed by atoms with Gasteiger partial charge in [-0.1, -0.05) is 15.9 Å². The van der Waals surface area contributed by atoms with E-state index >= 15 is 0 Å². The minimum absolute atomic E-state index is 0.0819. The Kier molecular flexibility index (Phi) is 4.97. The van der Waals surface area contributed by atoms with Crippen LogP contribution in [0.2, 0.25) is 0 Å². The highest BCUT2D eigenvalue weighted by molar-refractivity contribution is 9.10. The van der Waals surface area contributed by atoms with Crippen LogP contribution in [0.4, 0.5) is 4.39 Å². The van der Waals surface area contributed by atoms with Crippen molar-refractivity contribution in [1.82, 2.24) is 0 Å². The van der Waals surface area contributed by atoms with Gasteiger partial charge in [-0.25, -0.2) is 12.8 Å². The molecule has 1 atom stereocenters. The van der Waals surface area contributed by atoms with Crippen LogP contribution < -0.4 is 4.74 Å². The molecule has 0 radical (unpaired) electrons. The molecule has 0 aliphatic rings. The molecule has 1 aromatic carbocycles. The van der Waals surface area contributed by atoms with Gasteiger partial charge < -0.3 is 4.74 Å². The van der Waals surface area contributed by atoms with Crippen molar-refractivity contribution in [3.05, 3.63) is 28.0 Å². The second kappa shape index (κ2) is 5.67. The molecule has 7 heteroatoms. The molecule has 3 nitrogen and oxygen atoms in total. The Bertz CT molecular complexity index is 517. The van der Waals surface area contributed by atoms with Crippen molar-refractivity contribution in [1.29, 1.82) is 0 Å². The molecule has 1 rings (SSSR count). The summed E-state index contributed by atoms with van der Waals surface area (Å²) < 4.78 is 41.0. The third-order valence-electron chi connectivity index (χ3n) is 2.06. The van der Waals surface area contributed by atoms with Crippen LogP contribution >= 0.6 is 31.9 Å². The maximum atomic E-state index is 13.3. The predicted octanol–water partition coefficient (Wildman–Crippen LogP) is 3.08. The number of hydrogen-bond acceptors (Lipinski definition) is 3. The Labute approximate surface area is 117 Å². The lowest BCUT2D eigenvalue weighted by Gasteiger charge is -2.14. The van der Waals surface area contributed by atoms with Crippen molar-refractivity contribution in [2.75, 3.05) is 19.1 Å². The number of benzene rings is 1. The monoisotopic (exact) mass is 388 g/mol. The van der Waals surface area contributed by atoms with Gasteiger partial charge in [0.15, 0.2) is 0 Å². The average molecular weight is 390 g/mol. The molecular formula is C10H11Br2FO3S. The van der Waals surface area contributed by atoms with Crippen molar-refractivity contribution in [3.63, 3.8) is 0 Å². The topological polar surface area (TPSA) is 43.4 Å². The first-order valence-corrected chi connectivity index (χ1v) is 8.36. The highest BCUT2D eigenvalue weighted by atomic mass is 79.9. The largest absolute Gasteiger partial charge is 0.496 e. The van der Waals surface area contributed by atoms with Gasteiger partial charge in [0.05, 0.1) is 22.2 Å². The lowest BCUT2D eigenvalue weighted by Crippen LogP contribution is -2.09. The number of halogens is 3. The van der Waals surface area contributed by atoms with Crippen LogP contribution in [-0.2, 0) is 9.84 Å². The quantitative estimate of drug-likeness (QED) is 0.743. The van der Waals surface area contributed by atoms with E-state index < -0.39 is 20.5 Å². The van der Waals surface area contributed by atoms with E-state index in [0.717, 1.165) is 6.26 Å². The zero-order valence-electron chi connectivity index (χ0n) is 9.21. The first kappa shape index (κ1) is 14.9. The average Bonchev–Trinajstić information content (AvgIpc) is 2.18. The molecule has 0 amide bonds. The lowest BCUT2D eigenvalue weighted by molar-refractivity contribution is 0.406. The first-order chi connectivity index (χ1) is 7.74. The Morgan fingerprint density at radius 3 is 2.53 bits per heavy atom. The molecule has 0 heterocycles. The third-order valence-corrected chi connectivity index (χ3v) is 4.85. The summed E-state index contributed by atoms with van der Waals surface area (Å²) in [5.74, 6) is -0.220. The minimum Gasteiger partial charge on any atom is -0.496 e. The van der Waals surface area contributed by atoms with Gasteiger partial charge in [0, 0.05) is 17.9 Å². The summed E-state index contributed by atoms with van der Waals surface area (Å²) in [6.45, 7) is 0. The number of alkyl halides is 1. The number of rotatable bonds is 4. The second-order valence-electron chi connectivity index (χ2n) is 3.57. The lowest BCUT2D eigenvalue weighted by atomic mass is 10.1. The summed E-state index contributed by atoms with van der Waals surface area (Å²) >= 11 is 6.33. The molecule has 0 bridgehead atoms. The van der Waals surface area contributed by atoms with E-state index in [1.165, 1.54) is 19.2 Å². The number of sulfone groups is 1. The Morgan fingerprint density at radius 2 is 2.06 bits per heavy atom. The highest BCUT2D eigenvalue weighted by Gasteiger charge is 2.20. The standard InChI is InChI=1S/C10H11Br2FO3S/c1-16-10-4-9(13)7(11)3-6(10)8(12)5-17(2,14)15/h3-4,8H,5H2,1-2H3. The second-order valence-corrected chi connectivity index (χ2v) is 7.71. The molecule has 1 unspecified atom stereocenters. The highest BCUT2D eigenvalue weighted by Crippen LogP contribution is 2.35. The van der Waals surface area contributed by atoms with E-state index in [-0.39, 0.29) is 10.2 Å². The molecule has 96 valence electrons. The van der Waals surface area contributed by atoms with Gasteiger partial charge in [-0.3, -0.25) is 0 Å². The van der Waals surface area contributed by atoms with Crippen molar-refractivity contribution in [2.24, 2.45) is 0 Å². The van der Waals surface area contributed by atoms with Gasteiger partial charge in [-0.15, -0.1) is 0 Å². The molecule has 0 aliphatic carbocycles. The third kappa shape index (κ3) is 4.22. The molecule has 0 spiro atoms. The number of hydrogen-bond donors (Lipinski definition) is 0. The number of ether oxygens (including phenoxy) is 1. The van der Waals surface area contributed by atoms with Crippen molar-refractivity contribution < 1.29 is 17.5 Å². The van der Waals surface area contributed by atoms with Gasteiger partial charge in [-0.05, 0) is 22.0 Å². The predicted molar refractivity (Wildman–Crippen MR) is 72.0 cm³/mol. The van der Waals surface area contributed by atoms with Crippen LogP contribution in [0, 0.1) is 5.82 Å². The first-order valence-electron chi connectivity index (χ1n) is 4.59. The molecule has 1 aromatic rings. The van der Waals surface area contributed by atoms with Crippen LogP contribution in [0.3, 0.4) is 0 Å². The summed E-state index contributed by atoms with van der Waals surface area (Å²) in [7, 11) is -1.72. The molecule has 17 heavy (non-hydrogen) atoms. The van der Waals surface area contributed by atoms with Gasteiger partial charge in [-0.2, -0.15) is 0 Å². The van der Waals surface area contributed by atoms with E-state index in [4.69, 9.17) is 4.74 Å². The zero-order chi connectivity index (χ0) is 13.2. The van der Waals surface area contributed by atoms with Crippen LogP contribution in [0.25, 0.3) is 0 Å². The van der Waals surface area contributed by atoms with E-state index in [2.05, 4.69) is 31.9 Å². The summed E-state index contributed by atoms with van der Waals surface area (Å²) in [6.07, 6.45) is 1.15. The van der Waals surface area contributed by atoms with Gasteiger partial charge in [0.1, 0.15) is 21.4 Å². The maximum absolute atomic E-state index is 13.3. The Hall–Kier alpha value is -0.140. The van der Waals surface area contributed by atoms with Crippen LogP contribution in [0.5, 0.6) is 5.75 Å². The molecular weight excluding hydrogens is 379 g/mol. The van der Waals surface area contributed by atoms with Crippen molar-refractivity contribution in [2.45, 2.75) is 4.83 Å². The number of methoxy groups -OCH3 is 1. The maximum Gasteiger partial charge on any atom is 0.148 e. The molecule has 0 aromatic heterocycles. The van der Waals surface area contributed by atoms with Crippen molar-refractivity contribution >= 4 is 41.7 Å². The SMILES string of the molecule is COc1cc(F)c(Br)cc1C(Br)CS(C)(=O)=O. The Morgan fingerprint density at radius 1 is 1.47 bits per heavy atom. The van der Waals surface area contributed by atoms with Crippen LogP contribution in [0.15, 0.2) is 16.6 Å². The normalized spacial score (nSPS) is 13.5. The van der Waals surface area contributed by atoms with E-state index in [1.807, 2.05) is 0 Å². The smallest absolute Gasteiger partial charge is 0.148 e. The Balaban J connectivity index is 3.16. The fraction of sp³-hybridized carbons (Fsp3) is 0.400. The van der Waals surface area contributed by atoms with Gasteiger partial charge in [0.25, 0.3) is 0 Å². The summed E-state index contributed by atoms with van der Waals surface area (Å²) in [5, 5.41) is 0. The molecule has 0 saturated heterocycles. The summed E-state index contributed by atoms with van der Waals surface area (Å²) in [4.78, 5) is -0.440. The van der Waals surface area contributed by atoms with E-state index in [9.17, 15) is 12.8 Å². The van der Waals surface area contributed by atoms with Crippen LogP contribution in [-0.4, -0.2) is 27.5 Å². The van der Waals surface area contributed by atoms with Crippen molar-refractivity contribution in [3.8, 4) is 5.75 Å². The van der Waals surface area contributed by atoms with Gasteiger partial charge >= 0.3 is 0 Å². The molecule has 0 fully saturated rings. The van der Waals surface area contributed by atoms with E-state index in [1.54, 1.807) is 0 Å². The minimum atomic E-state index is -3.13. The molecule has 0 saturated carbocycles. The molecule has 0 N–H and O–H groups in total.